The summed E-state index contributed by atoms with van der Waals surface area (Å²) in [4.78, 5) is 55.6. The van der Waals surface area contributed by atoms with Crippen LogP contribution in [0.25, 0.3) is 29.1 Å². The summed E-state index contributed by atoms with van der Waals surface area (Å²) in [5.41, 5.74) is 11.2. The van der Waals surface area contributed by atoms with Crippen LogP contribution >= 0.6 is 0 Å². The molecule has 0 amide bonds. The summed E-state index contributed by atoms with van der Waals surface area (Å²) in [7, 11) is 1.29. The maximum atomic E-state index is 14.2. The summed E-state index contributed by atoms with van der Waals surface area (Å²) in [5, 5.41) is 6.84. The van der Waals surface area contributed by atoms with Gasteiger partial charge in [-0.05, 0) is 71.8 Å². The van der Waals surface area contributed by atoms with E-state index in [0.717, 1.165) is 68.5 Å². The predicted molar refractivity (Wildman–Crippen MR) is 201 cm³/mol. The second-order valence-corrected chi connectivity index (χ2v) is 13.5. The summed E-state index contributed by atoms with van der Waals surface area (Å²) in [6.07, 6.45) is 10.0. The molecule has 5 heterocycles. The average Bonchev–Trinajstić information content (AvgIpc) is 3.80. The van der Waals surface area contributed by atoms with Gasteiger partial charge in [0, 0.05) is 12.0 Å². The number of esters is 2. The van der Waals surface area contributed by atoms with E-state index in [0.29, 0.717) is 40.2 Å². The number of hydrogen-bond donors (Lipinski definition) is 0. The molecule has 0 saturated carbocycles. The normalized spacial score (nSPS) is 22.3. The molecule has 10 heteroatoms. The second kappa shape index (κ2) is 15.7. The third-order valence-electron chi connectivity index (χ3n) is 10.4. The minimum Gasteiger partial charge on any atom is -0.664 e. The molecule has 3 aromatic heterocycles. The van der Waals surface area contributed by atoms with Crippen molar-refractivity contribution < 1.29 is 23.9 Å². The number of carbonyl (C=O) groups is 3. The zero-order chi connectivity index (χ0) is 35.3. The van der Waals surface area contributed by atoms with Gasteiger partial charge >= 0.3 is 35.0 Å². The van der Waals surface area contributed by atoms with Gasteiger partial charge in [0.25, 0.3) is 0 Å². The molecule has 0 unspecified atom stereocenters. The fraction of sp³-hybridized carbons (Fsp3) is 0.439. The van der Waals surface area contributed by atoms with Crippen LogP contribution in [-0.2, 0) is 31.9 Å². The molecule has 1 fully saturated rings. The fourth-order valence-electron chi connectivity index (χ4n) is 7.52. The van der Waals surface area contributed by atoms with Crippen LogP contribution in [0.2, 0.25) is 0 Å². The molecule has 8 bridgehead atoms. The predicted octanol–water partition coefficient (Wildman–Crippen LogP) is 5.50. The summed E-state index contributed by atoms with van der Waals surface area (Å²) in [5.74, 6) is -2.96. The van der Waals surface area contributed by atoms with Crippen molar-refractivity contribution in [1.82, 2.24) is 15.0 Å². The van der Waals surface area contributed by atoms with Gasteiger partial charge in [0.1, 0.15) is 12.5 Å². The first-order chi connectivity index (χ1) is 23.4. The van der Waals surface area contributed by atoms with Gasteiger partial charge in [0.05, 0.1) is 7.11 Å². The third kappa shape index (κ3) is 6.97. The van der Waals surface area contributed by atoms with Crippen molar-refractivity contribution in [3.63, 3.8) is 0 Å². The minimum atomic E-state index is -1.20. The Labute approximate surface area is 317 Å². The number of carbonyl (C=O) groups excluding carboxylic acids is 3. The number of aromatic nitrogens is 3. The van der Waals surface area contributed by atoms with E-state index in [2.05, 4.69) is 40.7 Å². The molecule has 0 radical (unpaired) electrons. The van der Waals surface area contributed by atoms with Crippen LogP contribution < -0.4 is 25.7 Å². The molecular weight excluding hydrogens is 653 g/mol. The van der Waals surface area contributed by atoms with Gasteiger partial charge in [-0.1, -0.05) is 85.4 Å². The quantitative estimate of drug-likeness (QED) is 0.131. The van der Waals surface area contributed by atoms with E-state index in [1.54, 1.807) is 0 Å². The summed E-state index contributed by atoms with van der Waals surface area (Å²) in [6, 6.07) is 0. The maximum Gasteiger partial charge on any atom is 2.00 e. The van der Waals surface area contributed by atoms with Crippen LogP contribution in [0.5, 0.6) is 0 Å². The molecule has 9 nitrogen and oxygen atoms in total. The maximum absolute atomic E-state index is 14.2. The largest absolute Gasteiger partial charge is 2.00 e. The standard InChI is InChI=1S/C40H45N4O5.CH4.Mg/c1-10-24-20(5)27-16-29-22(7)26(12-13-33(45)49-15-14-19(3)4)37(43-29)35-36(40(47)48-9)39(46)34-23(8)30(44-38(34)35)18-32-25(11-2)21(6)28(42-32)17-31(24)41-27;;/h14,16-18,22,26,36H,10-13,15H2,1-9H3,(H-,43,44,46);1H4;/q-3;;+2/p-1/b28-17-,29-16-,32-18-;;/t22-,26-,36+;;/m0../s1. The van der Waals surface area contributed by atoms with Crippen molar-refractivity contribution in [1.29, 1.82) is 0 Å². The molecule has 1 aliphatic carbocycles. The molecule has 3 aliphatic rings. The third-order valence-corrected chi connectivity index (χ3v) is 10.4. The Bertz CT molecular complexity index is 2100. The zero-order valence-corrected chi connectivity index (χ0v) is 32.0. The molecule has 1 saturated heterocycles. The first-order valence-electron chi connectivity index (χ1n) is 17.2. The second-order valence-electron chi connectivity index (χ2n) is 13.5. The van der Waals surface area contributed by atoms with Crippen molar-refractivity contribution in [3.05, 3.63) is 95.2 Å². The van der Waals surface area contributed by atoms with Gasteiger partial charge in [-0.15, -0.1) is 33.5 Å². The number of ether oxygens (including phenoxy) is 2. The van der Waals surface area contributed by atoms with Gasteiger partial charge in [-0.3, -0.25) is 14.4 Å². The topological polar surface area (TPSA) is 126 Å². The molecule has 2 aliphatic heterocycles. The van der Waals surface area contributed by atoms with Gasteiger partial charge in [-0.2, -0.15) is 11.4 Å². The molecule has 6 rings (SSSR count). The molecule has 3 aromatic rings. The first kappa shape index (κ1) is 39.8. The van der Waals surface area contributed by atoms with Crippen molar-refractivity contribution in [2.24, 2.45) is 17.8 Å². The summed E-state index contributed by atoms with van der Waals surface area (Å²) in [6.45, 7) is 16.5. The number of methoxy groups -OCH3 is 1. The Balaban J connectivity index is 0.00000292. The Morgan fingerprint density at radius 2 is 1.55 bits per heavy atom. The Kier molecular flexibility index (Phi) is 12.2. The number of fused-ring (bicyclic) bond motifs is 7. The number of rotatable bonds is 8. The van der Waals surface area contributed by atoms with E-state index >= 15 is 0 Å². The van der Waals surface area contributed by atoms with Gasteiger partial charge in [0.15, 0.2) is 5.78 Å². The summed E-state index contributed by atoms with van der Waals surface area (Å²) < 4.78 is 10.7. The molecular formula is C41H48MgN4O5-2. The van der Waals surface area contributed by atoms with E-state index in [9.17, 15) is 14.4 Å². The van der Waals surface area contributed by atoms with Crippen molar-refractivity contribution in [3.8, 4) is 0 Å². The van der Waals surface area contributed by atoms with Crippen molar-refractivity contribution in [2.75, 3.05) is 13.7 Å². The van der Waals surface area contributed by atoms with E-state index in [1.807, 2.05) is 39.0 Å². The molecule has 3 atom stereocenters. The smallest absolute Gasteiger partial charge is 0.664 e. The Morgan fingerprint density at radius 1 is 0.882 bits per heavy atom. The van der Waals surface area contributed by atoms with Gasteiger partial charge in [-0.25, -0.2) is 0 Å². The molecule has 0 spiro atoms. The van der Waals surface area contributed by atoms with Crippen LogP contribution in [0.3, 0.4) is 0 Å². The van der Waals surface area contributed by atoms with Crippen molar-refractivity contribution >= 4 is 64.6 Å². The van der Waals surface area contributed by atoms with E-state index < -0.39 is 11.9 Å². The number of nitrogens with zero attached hydrogens (tertiary/aromatic N) is 4. The molecule has 51 heavy (non-hydrogen) atoms. The van der Waals surface area contributed by atoms with Gasteiger partial charge in [0.2, 0.25) is 0 Å². The number of ketones is 1. The van der Waals surface area contributed by atoms with Crippen LogP contribution in [0.1, 0.15) is 116 Å². The number of Topliss-reactive ketones (excluding diaryl/α,β-unsaturated/α-hetero) is 1. The van der Waals surface area contributed by atoms with Crippen LogP contribution in [0.15, 0.2) is 23.0 Å². The van der Waals surface area contributed by atoms with Crippen molar-refractivity contribution in [2.45, 2.75) is 88.5 Å². The average molecular weight is 701 g/mol. The molecule has 0 aromatic carbocycles. The zero-order valence-electron chi connectivity index (χ0n) is 30.6. The molecule has 266 valence electrons. The van der Waals surface area contributed by atoms with Crippen LogP contribution in [0.4, 0.5) is 0 Å². The molecule has 0 N–H and O–H groups in total. The number of hydrogen-bond acceptors (Lipinski definition) is 5. The van der Waals surface area contributed by atoms with E-state index in [-0.39, 0.29) is 67.1 Å². The Hall–Kier alpha value is -4.02. The number of allylic oxidation sites excluding steroid dienone is 3. The first-order valence-corrected chi connectivity index (χ1v) is 17.2. The van der Waals surface area contributed by atoms with Gasteiger partial charge < -0.3 is 29.7 Å². The van der Waals surface area contributed by atoms with E-state index in [4.69, 9.17) is 29.7 Å². The monoisotopic (exact) mass is 700 g/mol. The van der Waals surface area contributed by atoms with Crippen LogP contribution in [0, 0.1) is 38.5 Å². The van der Waals surface area contributed by atoms with Crippen LogP contribution in [-0.4, -0.2) is 54.5 Å². The van der Waals surface area contributed by atoms with E-state index in [1.165, 1.54) is 7.11 Å². The fourth-order valence-corrected chi connectivity index (χ4v) is 7.52. The SMILES string of the molecule is C.CCc1c2[n-]c(c1C)/C=C1\[N-]/C(=C3\c4[n-]c(c(C)c4C(=O)[C@@H]3C(=O)OC)/C=c3\[n-]/c(c(C)c3CC)=C\2)[C@@H](CCC(=O)OCC=C(C)C)[C@@H]1C.[Mg+2]. The Morgan fingerprint density at radius 3 is 2.20 bits per heavy atom. The minimum absolute atomic E-state index is 0. The summed E-state index contributed by atoms with van der Waals surface area (Å²) >= 11 is 0.